The number of imidazole rings is 2. The van der Waals surface area contributed by atoms with Gasteiger partial charge >= 0.3 is 5.69 Å². The van der Waals surface area contributed by atoms with Gasteiger partial charge in [0.25, 0.3) is 0 Å². The van der Waals surface area contributed by atoms with Gasteiger partial charge in [0, 0.05) is 45.6 Å². The first-order valence-corrected chi connectivity index (χ1v) is 9.27. The lowest BCUT2D eigenvalue weighted by atomic mass is 10.1. The van der Waals surface area contributed by atoms with Gasteiger partial charge in [0.1, 0.15) is 18.4 Å². The maximum Gasteiger partial charge on any atom is 0.329 e. The number of carbonyl (C=O) groups is 1. The summed E-state index contributed by atoms with van der Waals surface area (Å²) < 4.78 is 5.22. The SMILES string of the molecule is CCn1c(=O)n(CC(=O)N2CCNCC2c2nccn2C)c2ccccc21. The molecule has 1 unspecified atom stereocenters. The Balaban J connectivity index is 1.68. The van der Waals surface area contributed by atoms with Crippen LogP contribution < -0.4 is 11.0 Å². The Morgan fingerprint density at radius 2 is 2.00 bits per heavy atom. The number of amides is 1. The van der Waals surface area contributed by atoms with Crippen LogP contribution in [0.25, 0.3) is 11.0 Å². The molecule has 1 aromatic carbocycles. The number of benzene rings is 1. The fourth-order valence-corrected chi connectivity index (χ4v) is 3.89. The van der Waals surface area contributed by atoms with Crippen LogP contribution in [0.4, 0.5) is 0 Å². The van der Waals surface area contributed by atoms with Gasteiger partial charge in [-0.15, -0.1) is 0 Å². The van der Waals surface area contributed by atoms with Crippen molar-refractivity contribution in [3.63, 3.8) is 0 Å². The van der Waals surface area contributed by atoms with Crippen molar-refractivity contribution in [2.45, 2.75) is 26.1 Å². The predicted octanol–water partition coefficient (Wildman–Crippen LogP) is 0.730. The van der Waals surface area contributed by atoms with E-state index in [0.29, 0.717) is 19.6 Å². The summed E-state index contributed by atoms with van der Waals surface area (Å²) in [6.07, 6.45) is 3.62. The molecule has 0 saturated carbocycles. The van der Waals surface area contributed by atoms with Gasteiger partial charge in [-0.1, -0.05) is 12.1 Å². The molecule has 1 aliphatic heterocycles. The van der Waals surface area contributed by atoms with E-state index in [1.54, 1.807) is 15.3 Å². The summed E-state index contributed by atoms with van der Waals surface area (Å²) in [5.74, 6) is 0.782. The van der Waals surface area contributed by atoms with Crippen molar-refractivity contribution < 1.29 is 4.79 Å². The topological polar surface area (TPSA) is 77.1 Å². The third-order valence-electron chi connectivity index (χ3n) is 5.25. The van der Waals surface area contributed by atoms with Crippen molar-refractivity contribution in [3.8, 4) is 0 Å². The van der Waals surface area contributed by atoms with Crippen molar-refractivity contribution in [3.05, 3.63) is 53.0 Å². The summed E-state index contributed by atoms with van der Waals surface area (Å²) in [6, 6.07) is 7.48. The van der Waals surface area contributed by atoms with E-state index in [2.05, 4.69) is 10.3 Å². The van der Waals surface area contributed by atoms with Gasteiger partial charge in [0.15, 0.2) is 0 Å². The van der Waals surface area contributed by atoms with Gasteiger partial charge < -0.3 is 14.8 Å². The monoisotopic (exact) mass is 368 g/mol. The first kappa shape index (κ1) is 17.5. The number of aromatic nitrogens is 4. The summed E-state index contributed by atoms with van der Waals surface area (Å²) in [4.78, 5) is 32.3. The molecule has 1 atom stereocenters. The second kappa shape index (κ2) is 7.03. The largest absolute Gasteiger partial charge is 0.336 e. The number of hydrogen-bond acceptors (Lipinski definition) is 4. The Kier molecular flexibility index (Phi) is 4.57. The third kappa shape index (κ3) is 2.95. The molecule has 1 amide bonds. The summed E-state index contributed by atoms with van der Waals surface area (Å²) in [6.45, 7) is 4.53. The van der Waals surface area contributed by atoms with E-state index in [9.17, 15) is 9.59 Å². The first-order chi connectivity index (χ1) is 13.1. The zero-order chi connectivity index (χ0) is 19.0. The molecule has 1 N–H and O–H groups in total. The average molecular weight is 368 g/mol. The summed E-state index contributed by atoms with van der Waals surface area (Å²) in [5, 5.41) is 3.33. The van der Waals surface area contributed by atoms with Crippen molar-refractivity contribution >= 4 is 16.9 Å². The molecule has 0 aliphatic carbocycles. The van der Waals surface area contributed by atoms with Crippen LogP contribution in [0.3, 0.4) is 0 Å². The third-order valence-corrected chi connectivity index (χ3v) is 5.25. The van der Waals surface area contributed by atoms with Gasteiger partial charge in [-0.05, 0) is 19.1 Å². The lowest BCUT2D eigenvalue weighted by molar-refractivity contribution is -0.135. The Hall–Kier alpha value is -2.87. The molecule has 3 aromatic rings. The zero-order valence-electron chi connectivity index (χ0n) is 15.6. The molecule has 0 spiro atoms. The second-order valence-electron chi connectivity index (χ2n) is 6.81. The van der Waals surface area contributed by atoms with E-state index in [0.717, 1.165) is 23.4 Å². The molecule has 8 nitrogen and oxygen atoms in total. The van der Waals surface area contributed by atoms with Crippen LogP contribution in [0.1, 0.15) is 18.8 Å². The van der Waals surface area contributed by atoms with Crippen LogP contribution in [0.15, 0.2) is 41.5 Å². The smallest absolute Gasteiger partial charge is 0.329 e. The second-order valence-corrected chi connectivity index (χ2v) is 6.81. The molecule has 142 valence electrons. The van der Waals surface area contributed by atoms with Crippen molar-refractivity contribution in [1.82, 2.24) is 28.9 Å². The molecule has 2 aromatic heterocycles. The van der Waals surface area contributed by atoms with E-state index >= 15 is 0 Å². The maximum atomic E-state index is 13.2. The molecule has 0 bridgehead atoms. The molecule has 8 heteroatoms. The van der Waals surface area contributed by atoms with Crippen LogP contribution in [0.5, 0.6) is 0 Å². The standard InChI is InChI=1S/C19H24N6O2/c1-3-23-14-6-4-5-7-15(14)25(19(23)27)13-17(26)24-11-8-20-12-16(24)18-21-9-10-22(18)2/h4-7,9-10,16,20H,3,8,11-13H2,1-2H3. The van der Waals surface area contributed by atoms with Crippen LogP contribution in [0.2, 0.25) is 0 Å². The minimum absolute atomic E-state index is 0.0350. The molecule has 4 rings (SSSR count). The van der Waals surface area contributed by atoms with E-state index in [-0.39, 0.29) is 24.2 Å². The molecular weight excluding hydrogens is 344 g/mol. The van der Waals surface area contributed by atoms with E-state index in [4.69, 9.17) is 0 Å². The number of hydrogen-bond donors (Lipinski definition) is 1. The number of aryl methyl sites for hydroxylation is 2. The number of rotatable bonds is 4. The molecular formula is C19H24N6O2. The number of piperazine rings is 1. The predicted molar refractivity (Wildman–Crippen MR) is 102 cm³/mol. The Bertz CT molecular complexity index is 1030. The number of carbonyl (C=O) groups excluding carboxylic acids is 1. The Morgan fingerprint density at radius 3 is 2.67 bits per heavy atom. The molecule has 3 heterocycles. The van der Waals surface area contributed by atoms with Gasteiger partial charge in [-0.3, -0.25) is 13.9 Å². The normalized spacial score (nSPS) is 17.6. The lowest BCUT2D eigenvalue weighted by Gasteiger charge is -2.35. The summed E-state index contributed by atoms with van der Waals surface area (Å²) in [5.41, 5.74) is 1.51. The van der Waals surface area contributed by atoms with E-state index < -0.39 is 0 Å². The first-order valence-electron chi connectivity index (χ1n) is 9.27. The van der Waals surface area contributed by atoms with Gasteiger partial charge in [0.05, 0.1) is 11.0 Å². The molecule has 1 fully saturated rings. The highest BCUT2D eigenvalue weighted by molar-refractivity contribution is 5.81. The van der Waals surface area contributed by atoms with Crippen molar-refractivity contribution in [2.75, 3.05) is 19.6 Å². The fourth-order valence-electron chi connectivity index (χ4n) is 3.89. The van der Waals surface area contributed by atoms with E-state index in [1.807, 2.05) is 53.9 Å². The minimum atomic E-state index is -0.143. The number of nitrogens with zero attached hydrogens (tertiary/aromatic N) is 5. The lowest BCUT2D eigenvalue weighted by Crippen LogP contribution is -2.50. The average Bonchev–Trinajstić information content (AvgIpc) is 3.23. The molecule has 27 heavy (non-hydrogen) atoms. The molecule has 1 saturated heterocycles. The Morgan fingerprint density at radius 1 is 1.26 bits per heavy atom. The number of nitrogens with one attached hydrogen (secondary N) is 1. The number of para-hydroxylation sites is 2. The van der Waals surface area contributed by atoms with Crippen molar-refractivity contribution in [1.29, 1.82) is 0 Å². The molecule has 1 aliphatic rings. The zero-order valence-corrected chi connectivity index (χ0v) is 15.6. The van der Waals surface area contributed by atoms with Gasteiger partial charge in [-0.25, -0.2) is 9.78 Å². The summed E-state index contributed by atoms with van der Waals surface area (Å²) in [7, 11) is 1.93. The molecule has 0 radical (unpaired) electrons. The van der Waals surface area contributed by atoms with Crippen molar-refractivity contribution in [2.24, 2.45) is 7.05 Å². The van der Waals surface area contributed by atoms with Crippen LogP contribution >= 0.6 is 0 Å². The number of fused-ring (bicyclic) bond motifs is 1. The quantitative estimate of drug-likeness (QED) is 0.737. The summed E-state index contributed by atoms with van der Waals surface area (Å²) >= 11 is 0. The van der Waals surface area contributed by atoms with Gasteiger partial charge in [-0.2, -0.15) is 0 Å². The van der Waals surface area contributed by atoms with Crippen LogP contribution in [-0.4, -0.2) is 49.1 Å². The highest BCUT2D eigenvalue weighted by Crippen LogP contribution is 2.21. The van der Waals surface area contributed by atoms with Crippen LogP contribution in [0, 0.1) is 0 Å². The Labute approximate surface area is 157 Å². The fraction of sp³-hybridized carbons (Fsp3) is 0.421. The van der Waals surface area contributed by atoms with E-state index in [1.165, 1.54) is 0 Å². The highest BCUT2D eigenvalue weighted by Gasteiger charge is 2.31. The van der Waals surface area contributed by atoms with Gasteiger partial charge in [0.2, 0.25) is 5.91 Å². The maximum absolute atomic E-state index is 13.2. The van der Waals surface area contributed by atoms with Crippen LogP contribution in [-0.2, 0) is 24.9 Å². The highest BCUT2D eigenvalue weighted by atomic mass is 16.2. The minimum Gasteiger partial charge on any atom is -0.336 e.